The van der Waals surface area contributed by atoms with Crippen molar-refractivity contribution in [3.8, 4) is 0 Å². The molecule has 0 spiro atoms. The van der Waals surface area contributed by atoms with Crippen LogP contribution in [0, 0.1) is 11.8 Å². The van der Waals surface area contributed by atoms with Gasteiger partial charge in [0.25, 0.3) is 0 Å². The van der Waals surface area contributed by atoms with Crippen LogP contribution in [0.2, 0.25) is 0 Å². The predicted octanol–water partition coefficient (Wildman–Crippen LogP) is 1.81. The van der Waals surface area contributed by atoms with Crippen LogP contribution in [-0.4, -0.2) is 28.0 Å². The Balaban J connectivity index is 1.83. The molecule has 2 aliphatic carbocycles. The summed E-state index contributed by atoms with van der Waals surface area (Å²) in [5, 5.41) is 20.5. The monoisotopic (exact) mass is 241 g/mol. The molecule has 4 N–H and O–H groups in total. The van der Waals surface area contributed by atoms with Crippen LogP contribution in [0.3, 0.4) is 0 Å². The van der Waals surface area contributed by atoms with Crippen molar-refractivity contribution in [1.82, 2.24) is 0 Å². The Morgan fingerprint density at radius 3 is 2.29 bits per heavy atom. The maximum Gasteiger partial charge on any atom is 0.0977 e. The number of hydrogen-bond donors (Lipinski definition) is 3. The quantitative estimate of drug-likeness (QED) is 0.687. The molecular weight excluding hydrogens is 214 g/mol. The molecule has 2 fully saturated rings. The lowest BCUT2D eigenvalue weighted by Crippen LogP contribution is -2.52. The fourth-order valence-corrected chi connectivity index (χ4v) is 3.28. The lowest BCUT2D eigenvalue weighted by molar-refractivity contribution is -0.0899. The molecule has 0 heterocycles. The van der Waals surface area contributed by atoms with Crippen molar-refractivity contribution in [3.05, 3.63) is 0 Å². The highest BCUT2D eigenvalue weighted by molar-refractivity contribution is 5.00. The van der Waals surface area contributed by atoms with Crippen molar-refractivity contribution >= 4 is 0 Å². The standard InChI is InChI=1S/C14H27NO2/c1-14(17,11-7-8-11)13(16)12(15)9-10-5-3-2-4-6-10/h10-13,16-17H,2-9,15H2,1H3/t12-,13?,14-/m0/s1. The van der Waals surface area contributed by atoms with E-state index in [1.165, 1.54) is 32.1 Å². The Bertz CT molecular complexity index is 245. The molecule has 3 atom stereocenters. The van der Waals surface area contributed by atoms with Crippen molar-refractivity contribution in [2.24, 2.45) is 17.6 Å². The molecule has 3 heteroatoms. The summed E-state index contributed by atoms with van der Waals surface area (Å²) >= 11 is 0. The first-order chi connectivity index (χ1) is 8.01. The Kier molecular flexibility index (Phi) is 4.11. The van der Waals surface area contributed by atoms with Crippen LogP contribution >= 0.6 is 0 Å². The van der Waals surface area contributed by atoms with Gasteiger partial charge in [-0.3, -0.25) is 0 Å². The van der Waals surface area contributed by atoms with Crippen molar-refractivity contribution in [3.63, 3.8) is 0 Å². The van der Waals surface area contributed by atoms with Gasteiger partial charge in [0.05, 0.1) is 11.7 Å². The highest BCUT2D eigenvalue weighted by Crippen LogP contribution is 2.42. The Morgan fingerprint density at radius 1 is 1.18 bits per heavy atom. The number of rotatable bonds is 5. The SMILES string of the molecule is C[C@](O)(C1CC1)C(O)[C@@H](N)CC1CCCCC1. The van der Waals surface area contributed by atoms with Crippen LogP contribution in [0.25, 0.3) is 0 Å². The highest BCUT2D eigenvalue weighted by atomic mass is 16.3. The first-order valence-electron chi connectivity index (χ1n) is 7.18. The van der Waals surface area contributed by atoms with Gasteiger partial charge in [-0.15, -0.1) is 0 Å². The molecule has 2 rings (SSSR count). The van der Waals surface area contributed by atoms with Gasteiger partial charge in [0.1, 0.15) is 0 Å². The second kappa shape index (κ2) is 5.25. The van der Waals surface area contributed by atoms with E-state index in [0.717, 1.165) is 19.3 Å². The maximum absolute atomic E-state index is 10.3. The van der Waals surface area contributed by atoms with E-state index in [-0.39, 0.29) is 12.0 Å². The molecule has 17 heavy (non-hydrogen) atoms. The van der Waals surface area contributed by atoms with E-state index in [2.05, 4.69) is 0 Å². The van der Waals surface area contributed by atoms with Crippen LogP contribution in [0.5, 0.6) is 0 Å². The zero-order valence-electron chi connectivity index (χ0n) is 10.9. The van der Waals surface area contributed by atoms with E-state index in [9.17, 15) is 10.2 Å². The summed E-state index contributed by atoms with van der Waals surface area (Å²) in [6.07, 6.45) is 8.58. The molecule has 3 nitrogen and oxygen atoms in total. The largest absolute Gasteiger partial charge is 0.389 e. The fraction of sp³-hybridized carbons (Fsp3) is 1.00. The molecule has 0 amide bonds. The molecule has 0 saturated heterocycles. The van der Waals surface area contributed by atoms with Gasteiger partial charge in [0.15, 0.2) is 0 Å². The van der Waals surface area contributed by atoms with Gasteiger partial charge < -0.3 is 15.9 Å². The second-order valence-corrected chi connectivity index (χ2v) is 6.35. The zero-order chi connectivity index (χ0) is 12.5. The summed E-state index contributed by atoms with van der Waals surface area (Å²) in [7, 11) is 0. The van der Waals surface area contributed by atoms with Crippen molar-refractivity contribution in [1.29, 1.82) is 0 Å². The van der Waals surface area contributed by atoms with Gasteiger partial charge in [-0.1, -0.05) is 32.1 Å². The topological polar surface area (TPSA) is 66.5 Å². The molecular formula is C14H27NO2. The smallest absolute Gasteiger partial charge is 0.0977 e. The Labute approximate surface area is 104 Å². The van der Waals surface area contributed by atoms with Gasteiger partial charge in [-0.05, 0) is 38.0 Å². The van der Waals surface area contributed by atoms with Crippen molar-refractivity contribution in [2.75, 3.05) is 0 Å². The van der Waals surface area contributed by atoms with E-state index in [1.54, 1.807) is 6.92 Å². The van der Waals surface area contributed by atoms with Gasteiger partial charge in [0.2, 0.25) is 0 Å². The molecule has 0 aromatic rings. The maximum atomic E-state index is 10.3. The first-order valence-corrected chi connectivity index (χ1v) is 7.18. The average molecular weight is 241 g/mol. The van der Waals surface area contributed by atoms with E-state index in [4.69, 9.17) is 5.73 Å². The minimum absolute atomic E-state index is 0.259. The third kappa shape index (κ3) is 3.21. The molecule has 1 unspecified atom stereocenters. The van der Waals surface area contributed by atoms with Gasteiger partial charge in [-0.2, -0.15) is 0 Å². The number of aliphatic hydroxyl groups excluding tert-OH is 1. The van der Waals surface area contributed by atoms with Crippen molar-refractivity contribution < 1.29 is 10.2 Å². The summed E-state index contributed by atoms with van der Waals surface area (Å²) in [5.41, 5.74) is 5.11. The summed E-state index contributed by atoms with van der Waals surface area (Å²) < 4.78 is 0. The van der Waals surface area contributed by atoms with E-state index < -0.39 is 11.7 Å². The summed E-state index contributed by atoms with van der Waals surface area (Å²) in [6, 6.07) is -0.270. The van der Waals surface area contributed by atoms with Crippen LogP contribution in [0.4, 0.5) is 0 Å². The predicted molar refractivity (Wildman–Crippen MR) is 68.5 cm³/mol. The Hall–Kier alpha value is -0.120. The number of hydrogen-bond acceptors (Lipinski definition) is 3. The average Bonchev–Trinajstić information content (AvgIpc) is 3.13. The number of nitrogens with two attached hydrogens (primary N) is 1. The van der Waals surface area contributed by atoms with Gasteiger partial charge in [-0.25, -0.2) is 0 Å². The van der Waals surface area contributed by atoms with Gasteiger partial charge >= 0.3 is 0 Å². The normalized spacial score (nSPS) is 29.6. The summed E-state index contributed by atoms with van der Waals surface area (Å²) in [5.74, 6) is 0.915. The van der Waals surface area contributed by atoms with E-state index in [0.29, 0.717) is 5.92 Å². The van der Waals surface area contributed by atoms with E-state index in [1.807, 2.05) is 0 Å². The molecule has 2 saturated carbocycles. The van der Waals surface area contributed by atoms with Gasteiger partial charge in [0, 0.05) is 6.04 Å². The van der Waals surface area contributed by atoms with Crippen LogP contribution in [-0.2, 0) is 0 Å². The minimum atomic E-state index is -0.978. The van der Waals surface area contributed by atoms with Crippen molar-refractivity contribution in [2.45, 2.75) is 76.0 Å². The molecule has 0 radical (unpaired) electrons. The highest BCUT2D eigenvalue weighted by Gasteiger charge is 2.47. The minimum Gasteiger partial charge on any atom is -0.389 e. The molecule has 100 valence electrons. The lowest BCUT2D eigenvalue weighted by atomic mass is 9.80. The molecule has 0 aromatic carbocycles. The second-order valence-electron chi connectivity index (χ2n) is 6.35. The lowest BCUT2D eigenvalue weighted by Gasteiger charge is -2.35. The third-order valence-electron chi connectivity index (χ3n) is 4.74. The van der Waals surface area contributed by atoms with Crippen LogP contribution < -0.4 is 5.73 Å². The third-order valence-corrected chi connectivity index (χ3v) is 4.74. The fourth-order valence-electron chi connectivity index (χ4n) is 3.28. The number of aliphatic hydroxyl groups is 2. The summed E-state index contributed by atoms with van der Waals surface area (Å²) in [6.45, 7) is 1.75. The zero-order valence-corrected chi connectivity index (χ0v) is 10.9. The summed E-state index contributed by atoms with van der Waals surface area (Å²) in [4.78, 5) is 0. The molecule has 0 aliphatic heterocycles. The molecule has 0 bridgehead atoms. The molecule has 0 aromatic heterocycles. The van der Waals surface area contributed by atoms with Crippen LogP contribution in [0.15, 0.2) is 0 Å². The Morgan fingerprint density at radius 2 is 1.76 bits per heavy atom. The van der Waals surface area contributed by atoms with E-state index >= 15 is 0 Å². The first kappa shape index (κ1) is 13.3. The molecule has 2 aliphatic rings. The van der Waals surface area contributed by atoms with Crippen LogP contribution in [0.1, 0.15) is 58.3 Å².